The first kappa shape index (κ1) is 25.2. The number of fused-ring (bicyclic) bond motifs is 7. The topological polar surface area (TPSA) is 80.9 Å². The van der Waals surface area contributed by atoms with E-state index >= 15 is 0 Å². The highest BCUT2D eigenvalue weighted by Crippen LogP contribution is 2.76. The second-order valence-electron chi connectivity index (χ2n) is 14.8. The monoisotopic (exact) mass is 474 g/mol. The zero-order chi connectivity index (χ0) is 25.1. The van der Waals surface area contributed by atoms with Crippen molar-refractivity contribution in [2.24, 2.45) is 56.7 Å². The molecule has 0 radical (unpaired) electrons. The number of aliphatic hydroxyl groups is 4. The van der Waals surface area contributed by atoms with Crippen molar-refractivity contribution in [1.29, 1.82) is 0 Å². The molecule has 0 amide bonds. The van der Waals surface area contributed by atoms with Gasteiger partial charge in [-0.2, -0.15) is 0 Å². The first-order valence-electron chi connectivity index (χ1n) is 14.1. The minimum absolute atomic E-state index is 0.0479. The molecule has 5 aliphatic carbocycles. The summed E-state index contributed by atoms with van der Waals surface area (Å²) in [5, 5.41) is 42.9. The molecule has 0 aromatic heterocycles. The van der Waals surface area contributed by atoms with Crippen LogP contribution in [0.2, 0.25) is 0 Å². The molecule has 34 heavy (non-hydrogen) atoms. The summed E-state index contributed by atoms with van der Waals surface area (Å²) in [4.78, 5) is 0. The lowest BCUT2D eigenvalue weighted by atomic mass is 9.33. The van der Waals surface area contributed by atoms with Crippen LogP contribution in [0.5, 0.6) is 0 Å². The summed E-state index contributed by atoms with van der Waals surface area (Å²) < 4.78 is 0. The van der Waals surface area contributed by atoms with E-state index in [9.17, 15) is 20.4 Å². The highest BCUT2D eigenvalue weighted by atomic mass is 16.7. The fourth-order valence-corrected chi connectivity index (χ4v) is 10.9. The molecule has 4 fully saturated rings. The van der Waals surface area contributed by atoms with Crippen molar-refractivity contribution in [2.45, 2.75) is 118 Å². The Morgan fingerprint density at radius 3 is 2.15 bits per heavy atom. The van der Waals surface area contributed by atoms with Gasteiger partial charge in [0.15, 0.2) is 0 Å². The number of allylic oxidation sites excluding steroid dienone is 2. The van der Waals surface area contributed by atoms with Crippen LogP contribution in [0.25, 0.3) is 0 Å². The zero-order valence-corrected chi connectivity index (χ0v) is 22.7. The number of aliphatic hydroxyl groups excluding tert-OH is 1. The van der Waals surface area contributed by atoms with Crippen LogP contribution in [-0.4, -0.2) is 32.5 Å². The highest BCUT2D eigenvalue weighted by Gasteiger charge is 2.71. The van der Waals surface area contributed by atoms with Gasteiger partial charge >= 0.3 is 0 Å². The first-order valence-corrected chi connectivity index (χ1v) is 14.1. The van der Waals surface area contributed by atoms with Crippen molar-refractivity contribution in [3.05, 3.63) is 11.6 Å². The molecule has 0 saturated heterocycles. The van der Waals surface area contributed by atoms with Crippen LogP contribution in [0.1, 0.15) is 106 Å². The minimum Gasteiger partial charge on any atom is -0.393 e. The molecular formula is C30H50O4. The SMILES string of the molecule is C[C@H]1[C@H](C)CC[C@]2(C)CC[C@]3(C)C(=CC[C@@H]4[C@@]5(C)C(O)CCC(C)(C(O)(O)O)[C@@H]5CC[C@]43C)[C@H]12. The van der Waals surface area contributed by atoms with E-state index < -0.39 is 22.9 Å². The van der Waals surface area contributed by atoms with Crippen LogP contribution in [0, 0.1) is 56.7 Å². The van der Waals surface area contributed by atoms with E-state index in [-0.39, 0.29) is 22.7 Å². The lowest BCUT2D eigenvalue weighted by Gasteiger charge is -2.72. The van der Waals surface area contributed by atoms with E-state index in [1.807, 2.05) is 6.92 Å². The van der Waals surface area contributed by atoms with Gasteiger partial charge in [-0.05, 0) is 104 Å². The number of hydrogen-bond acceptors (Lipinski definition) is 4. The van der Waals surface area contributed by atoms with E-state index in [0.717, 1.165) is 25.2 Å². The summed E-state index contributed by atoms with van der Waals surface area (Å²) in [5.74, 6) is -0.521. The van der Waals surface area contributed by atoms with Crippen molar-refractivity contribution in [2.75, 3.05) is 0 Å². The molecule has 5 aliphatic rings. The second-order valence-corrected chi connectivity index (χ2v) is 14.8. The van der Waals surface area contributed by atoms with E-state index in [2.05, 4.69) is 47.6 Å². The third-order valence-corrected chi connectivity index (χ3v) is 13.8. The summed E-state index contributed by atoms with van der Waals surface area (Å²) in [7, 11) is 0. The molecular weight excluding hydrogens is 424 g/mol. The van der Waals surface area contributed by atoms with Crippen molar-refractivity contribution in [1.82, 2.24) is 0 Å². The van der Waals surface area contributed by atoms with Gasteiger partial charge in [-0.3, -0.25) is 0 Å². The molecule has 0 bridgehead atoms. The second kappa shape index (κ2) is 7.33. The van der Waals surface area contributed by atoms with Gasteiger partial charge in [0.1, 0.15) is 0 Å². The van der Waals surface area contributed by atoms with E-state index in [1.54, 1.807) is 5.57 Å². The maximum absolute atomic E-state index is 11.5. The maximum Gasteiger partial charge on any atom is 0.281 e. The minimum atomic E-state index is -2.73. The highest BCUT2D eigenvalue weighted by molar-refractivity contribution is 5.34. The van der Waals surface area contributed by atoms with Gasteiger partial charge in [-0.1, -0.05) is 60.1 Å². The molecule has 4 nitrogen and oxygen atoms in total. The predicted molar refractivity (Wildman–Crippen MR) is 134 cm³/mol. The molecule has 11 atom stereocenters. The van der Waals surface area contributed by atoms with Crippen LogP contribution in [0.4, 0.5) is 0 Å². The van der Waals surface area contributed by atoms with Gasteiger partial charge in [0, 0.05) is 5.41 Å². The summed E-state index contributed by atoms with van der Waals surface area (Å²) in [6, 6.07) is 0. The molecule has 5 rings (SSSR count). The zero-order valence-electron chi connectivity index (χ0n) is 22.7. The van der Waals surface area contributed by atoms with E-state index in [4.69, 9.17) is 0 Å². The summed E-state index contributed by atoms with van der Waals surface area (Å²) in [6.07, 6.45) is 11.0. The molecule has 4 saturated carbocycles. The van der Waals surface area contributed by atoms with Crippen LogP contribution in [0.15, 0.2) is 11.6 Å². The Bertz CT molecular complexity index is 876. The van der Waals surface area contributed by atoms with E-state index in [1.165, 1.54) is 25.7 Å². The Hall–Kier alpha value is -0.420. The Morgan fingerprint density at radius 2 is 1.50 bits per heavy atom. The number of rotatable bonds is 1. The molecule has 194 valence electrons. The van der Waals surface area contributed by atoms with E-state index in [0.29, 0.717) is 30.1 Å². The summed E-state index contributed by atoms with van der Waals surface area (Å²) in [6.45, 7) is 16.5. The van der Waals surface area contributed by atoms with Gasteiger partial charge in [-0.25, -0.2) is 0 Å². The average molecular weight is 475 g/mol. The van der Waals surface area contributed by atoms with Gasteiger partial charge in [0.2, 0.25) is 0 Å². The molecule has 2 unspecified atom stereocenters. The van der Waals surface area contributed by atoms with Gasteiger partial charge in [-0.15, -0.1) is 0 Å². The lowest BCUT2D eigenvalue weighted by molar-refractivity contribution is -0.405. The Morgan fingerprint density at radius 1 is 0.824 bits per heavy atom. The fourth-order valence-electron chi connectivity index (χ4n) is 10.9. The molecule has 4 heteroatoms. The Labute approximate surface area is 207 Å². The molecule has 0 aromatic carbocycles. The third-order valence-electron chi connectivity index (χ3n) is 13.8. The molecule has 0 aromatic rings. The van der Waals surface area contributed by atoms with Crippen molar-refractivity contribution < 1.29 is 20.4 Å². The molecule has 4 N–H and O–H groups in total. The van der Waals surface area contributed by atoms with Crippen LogP contribution >= 0.6 is 0 Å². The van der Waals surface area contributed by atoms with Crippen molar-refractivity contribution in [3.63, 3.8) is 0 Å². The summed E-state index contributed by atoms with van der Waals surface area (Å²) >= 11 is 0. The quantitative estimate of drug-likeness (QED) is 0.293. The average Bonchev–Trinajstić information content (AvgIpc) is 2.74. The molecule has 0 aliphatic heterocycles. The third kappa shape index (κ3) is 2.86. The molecule has 0 heterocycles. The molecule has 0 spiro atoms. The fraction of sp³-hybridized carbons (Fsp3) is 0.933. The van der Waals surface area contributed by atoms with Crippen molar-refractivity contribution in [3.8, 4) is 0 Å². The maximum atomic E-state index is 11.5. The normalized spacial score (nSPS) is 57.6. The largest absolute Gasteiger partial charge is 0.393 e. The van der Waals surface area contributed by atoms with Gasteiger partial charge in [0.25, 0.3) is 5.97 Å². The van der Waals surface area contributed by atoms with Crippen molar-refractivity contribution >= 4 is 0 Å². The van der Waals surface area contributed by atoms with Crippen LogP contribution in [-0.2, 0) is 0 Å². The number of hydrogen-bond donors (Lipinski definition) is 4. The standard InChI is InChI=1S/C30H50O4/c1-18-10-13-25(3)16-17-26(4)20(24(25)19(18)2)8-9-21-27(26,5)14-11-22-28(6,30(32,33)34)15-12-23(31)29(21,22)7/h8,18-19,21-24,31-34H,9-17H2,1-7H3/t18-,19+,21+,22+,23?,24+,25-,26-,27-,28?,29-/m1/s1. The predicted octanol–water partition coefficient (Wildman–Crippen LogP) is 5.64. The van der Waals surface area contributed by atoms with Gasteiger partial charge < -0.3 is 20.4 Å². The lowest BCUT2D eigenvalue weighted by Crippen LogP contribution is -2.69. The first-order chi connectivity index (χ1) is 15.6. The Balaban J connectivity index is 1.62. The smallest absolute Gasteiger partial charge is 0.281 e. The summed E-state index contributed by atoms with van der Waals surface area (Å²) in [5.41, 5.74) is 0.750. The Kier molecular flexibility index (Phi) is 5.44. The van der Waals surface area contributed by atoms with Crippen LogP contribution < -0.4 is 0 Å². The van der Waals surface area contributed by atoms with Gasteiger partial charge in [0.05, 0.1) is 11.5 Å². The van der Waals surface area contributed by atoms with Crippen LogP contribution in [0.3, 0.4) is 0 Å².